The van der Waals surface area contributed by atoms with Gasteiger partial charge in [-0.15, -0.1) is 11.8 Å². The molecular weight excluding hydrogens is 568 g/mol. The molecule has 2 N–H and O–H groups in total. The van der Waals surface area contributed by atoms with Gasteiger partial charge in [-0.3, -0.25) is 14.6 Å². The number of pyridine rings is 1. The summed E-state index contributed by atoms with van der Waals surface area (Å²) in [4.78, 5) is 29.6. The molecule has 0 spiro atoms. The zero-order valence-electron chi connectivity index (χ0n) is 25.6. The lowest BCUT2D eigenvalue weighted by molar-refractivity contribution is -0.142. The molecule has 1 heterocycles. The number of Topliss-reactive ketones (excluding diaryl/α,β-unsaturated/α-hetero) is 1. The number of aromatic nitrogens is 1. The predicted molar refractivity (Wildman–Crippen MR) is 160 cm³/mol. The summed E-state index contributed by atoms with van der Waals surface area (Å²) >= 11 is 1.65. The lowest BCUT2D eigenvalue weighted by Crippen LogP contribution is -2.37. The molecule has 0 saturated carbocycles. The van der Waals surface area contributed by atoms with Crippen LogP contribution in [0.1, 0.15) is 44.5 Å². The summed E-state index contributed by atoms with van der Waals surface area (Å²) < 4.78 is 31.9. The van der Waals surface area contributed by atoms with E-state index in [9.17, 15) is 19.8 Å². The van der Waals surface area contributed by atoms with E-state index in [1.165, 1.54) is 7.11 Å². The maximum Gasteiger partial charge on any atom is 0.307 e. The van der Waals surface area contributed by atoms with Crippen molar-refractivity contribution in [3.63, 3.8) is 0 Å². The van der Waals surface area contributed by atoms with E-state index in [2.05, 4.69) is 28.5 Å². The number of hydrogen-bond donors (Lipinski definition) is 2. The third-order valence-corrected chi connectivity index (χ3v) is 7.16. The first-order valence-corrected chi connectivity index (χ1v) is 15.2. The second-order valence-corrected chi connectivity index (χ2v) is 11.8. The number of hydrogen-bond acceptors (Lipinski definition) is 13. The number of aliphatic hydroxyl groups excluding tert-OH is 2. The number of carbonyl (C=O) groups is 2. The Hall–Kier alpha value is -1.84. The van der Waals surface area contributed by atoms with Crippen molar-refractivity contribution in [2.45, 2.75) is 51.1 Å². The Bertz CT molecular complexity index is 853. The summed E-state index contributed by atoms with van der Waals surface area (Å²) in [5, 5.41) is 18.6. The second kappa shape index (κ2) is 23.6. The fourth-order valence-corrected chi connectivity index (χ4v) is 4.71. The number of thioether (sulfide) groups is 1. The molecule has 1 aromatic rings. The molecule has 1 aromatic heterocycles. The van der Waals surface area contributed by atoms with Crippen LogP contribution in [0.5, 0.6) is 5.75 Å². The van der Waals surface area contributed by atoms with Gasteiger partial charge in [-0.05, 0) is 27.3 Å². The Labute approximate surface area is 254 Å². The number of methoxy groups -OCH3 is 1. The third-order valence-electron chi connectivity index (χ3n) is 5.78. The van der Waals surface area contributed by atoms with E-state index in [1.807, 2.05) is 7.05 Å². The smallest absolute Gasteiger partial charge is 0.307 e. The van der Waals surface area contributed by atoms with Gasteiger partial charge in [-0.2, -0.15) is 0 Å². The molecule has 0 amide bonds. The molecule has 13 heteroatoms. The first-order chi connectivity index (χ1) is 20.2. The number of rotatable bonds is 27. The summed E-state index contributed by atoms with van der Waals surface area (Å²) in [6.45, 7) is 9.27. The van der Waals surface area contributed by atoms with Crippen molar-refractivity contribution >= 4 is 23.5 Å². The average Bonchev–Trinajstić information content (AvgIpc) is 2.97. The van der Waals surface area contributed by atoms with Gasteiger partial charge in [0.1, 0.15) is 18.1 Å². The Kier molecular flexibility index (Phi) is 21.5. The summed E-state index contributed by atoms with van der Waals surface area (Å²) in [5.41, 5.74) is 0.916. The van der Waals surface area contributed by atoms with E-state index in [-0.39, 0.29) is 36.1 Å². The number of esters is 1. The average molecular weight is 619 g/mol. The molecule has 0 aliphatic heterocycles. The van der Waals surface area contributed by atoms with Crippen molar-refractivity contribution in [2.75, 3.05) is 92.5 Å². The Morgan fingerprint density at radius 3 is 1.95 bits per heavy atom. The van der Waals surface area contributed by atoms with Gasteiger partial charge in [0.25, 0.3) is 0 Å². The molecule has 0 atom stereocenters. The lowest BCUT2D eigenvalue weighted by Gasteiger charge is -2.29. The predicted octanol–water partition coefficient (Wildman–Crippen LogP) is 1.87. The minimum Gasteiger partial charge on any atom is -0.492 e. The second-order valence-electron chi connectivity index (χ2n) is 10.2. The van der Waals surface area contributed by atoms with Gasteiger partial charge in [0.2, 0.25) is 0 Å². The standard InChI is InChI=1S/C29H50N2O10S/c1-29(2,23-31(3)8-11-41-27-18-24(20-32)30-25(19-27)21-33)42-22-26(34)6-5-9-37-12-14-39-16-17-40-15-13-38-10-7-28(35)36-4/h18-19,32-33H,5-17,20-23H2,1-4H3. The van der Waals surface area contributed by atoms with Gasteiger partial charge in [0, 0.05) is 43.0 Å². The normalized spacial score (nSPS) is 11.7. The monoisotopic (exact) mass is 618 g/mol. The fraction of sp³-hybridized carbons (Fsp3) is 0.759. The molecule has 1 rings (SSSR count). The highest BCUT2D eigenvalue weighted by Gasteiger charge is 2.22. The summed E-state index contributed by atoms with van der Waals surface area (Å²) in [5.74, 6) is 0.946. The van der Waals surface area contributed by atoms with Crippen LogP contribution >= 0.6 is 11.8 Å². The van der Waals surface area contributed by atoms with Crippen molar-refractivity contribution in [3.05, 3.63) is 23.5 Å². The Morgan fingerprint density at radius 2 is 1.40 bits per heavy atom. The number of carbonyl (C=O) groups excluding carboxylic acids is 2. The SMILES string of the molecule is COC(=O)CCOCCOCCOCCOCCCC(=O)CSC(C)(C)CN(C)CCOc1cc(CO)nc(CO)c1. The Balaban J connectivity index is 2.01. The van der Waals surface area contributed by atoms with Gasteiger partial charge >= 0.3 is 5.97 Å². The zero-order chi connectivity index (χ0) is 31.1. The van der Waals surface area contributed by atoms with Crippen LogP contribution in [-0.2, 0) is 46.5 Å². The van der Waals surface area contributed by atoms with Gasteiger partial charge in [0.05, 0.1) is 90.1 Å². The first kappa shape index (κ1) is 38.2. The van der Waals surface area contributed by atoms with E-state index >= 15 is 0 Å². The van der Waals surface area contributed by atoms with Crippen molar-refractivity contribution in [3.8, 4) is 5.75 Å². The van der Waals surface area contributed by atoms with E-state index in [0.29, 0.717) is 102 Å². The molecule has 0 aliphatic rings. The summed E-state index contributed by atoms with van der Waals surface area (Å²) in [6.07, 6.45) is 1.40. The molecular formula is C29H50N2O10S. The van der Waals surface area contributed by atoms with Crippen LogP contribution in [0.25, 0.3) is 0 Å². The first-order valence-electron chi connectivity index (χ1n) is 14.3. The highest BCUT2D eigenvalue weighted by molar-refractivity contribution is 8.01. The summed E-state index contributed by atoms with van der Waals surface area (Å²) in [6, 6.07) is 3.33. The maximum atomic E-state index is 12.4. The molecule has 0 aromatic carbocycles. The van der Waals surface area contributed by atoms with E-state index in [4.69, 9.17) is 23.7 Å². The van der Waals surface area contributed by atoms with Gasteiger partial charge in [0.15, 0.2) is 0 Å². The number of likely N-dealkylation sites (N-methyl/N-ethyl adjacent to an activating group) is 1. The van der Waals surface area contributed by atoms with Crippen molar-refractivity contribution in [2.24, 2.45) is 0 Å². The Morgan fingerprint density at radius 1 is 0.857 bits per heavy atom. The fourth-order valence-electron chi connectivity index (χ4n) is 3.70. The molecule has 0 bridgehead atoms. The molecule has 242 valence electrons. The van der Waals surface area contributed by atoms with Crippen LogP contribution < -0.4 is 4.74 Å². The molecule has 0 radical (unpaired) electrons. The van der Waals surface area contributed by atoms with Crippen LogP contribution in [-0.4, -0.2) is 129 Å². The number of aliphatic hydroxyl groups is 2. The van der Waals surface area contributed by atoms with Crippen LogP contribution in [0.15, 0.2) is 12.1 Å². The number of nitrogens with zero attached hydrogens (tertiary/aromatic N) is 2. The van der Waals surface area contributed by atoms with Crippen molar-refractivity contribution < 1.29 is 48.2 Å². The minimum absolute atomic E-state index is 0.107. The van der Waals surface area contributed by atoms with Gasteiger partial charge in [-0.25, -0.2) is 0 Å². The number of ketones is 1. The van der Waals surface area contributed by atoms with Crippen LogP contribution in [0.3, 0.4) is 0 Å². The largest absolute Gasteiger partial charge is 0.492 e. The molecule has 0 saturated heterocycles. The van der Waals surface area contributed by atoms with Gasteiger partial charge in [-0.1, -0.05) is 0 Å². The molecule has 0 fully saturated rings. The molecule has 12 nitrogen and oxygen atoms in total. The molecule has 42 heavy (non-hydrogen) atoms. The third kappa shape index (κ3) is 20.1. The van der Waals surface area contributed by atoms with Crippen molar-refractivity contribution in [1.29, 1.82) is 0 Å². The number of ether oxygens (including phenoxy) is 6. The van der Waals surface area contributed by atoms with Crippen LogP contribution in [0, 0.1) is 0 Å². The topological polar surface area (TPSA) is 146 Å². The quantitative estimate of drug-likeness (QED) is 0.109. The highest BCUT2D eigenvalue weighted by atomic mass is 32.2. The van der Waals surface area contributed by atoms with Crippen LogP contribution in [0.2, 0.25) is 0 Å². The molecule has 0 unspecified atom stereocenters. The van der Waals surface area contributed by atoms with E-state index < -0.39 is 0 Å². The van der Waals surface area contributed by atoms with Gasteiger partial charge < -0.3 is 43.5 Å². The van der Waals surface area contributed by atoms with Crippen molar-refractivity contribution in [1.82, 2.24) is 9.88 Å². The van der Waals surface area contributed by atoms with Crippen LogP contribution in [0.4, 0.5) is 0 Å². The highest BCUT2D eigenvalue weighted by Crippen LogP contribution is 2.25. The summed E-state index contributed by atoms with van der Waals surface area (Å²) in [7, 11) is 3.36. The zero-order valence-corrected chi connectivity index (χ0v) is 26.5. The van der Waals surface area contributed by atoms with E-state index in [1.54, 1.807) is 23.9 Å². The molecule has 0 aliphatic carbocycles. The lowest BCUT2D eigenvalue weighted by atomic mass is 10.2. The maximum absolute atomic E-state index is 12.4. The minimum atomic E-state index is -0.294. The van der Waals surface area contributed by atoms with E-state index in [0.717, 1.165) is 6.54 Å².